The van der Waals surface area contributed by atoms with Crippen LogP contribution in [0, 0.1) is 34.5 Å². The van der Waals surface area contributed by atoms with Crippen LogP contribution in [0.5, 0.6) is 5.75 Å². The van der Waals surface area contributed by atoms with E-state index in [-0.39, 0.29) is 39.9 Å². The third kappa shape index (κ3) is 3.99. The number of allylic oxidation sites excluding steroid dienone is 1. The number of carbonyl (C=O) groups is 2. The molecule has 1 aromatic carbocycles. The highest BCUT2D eigenvalue weighted by molar-refractivity contribution is 5.94. The van der Waals surface area contributed by atoms with Gasteiger partial charge in [-0.1, -0.05) is 19.4 Å². The van der Waals surface area contributed by atoms with Crippen molar-refractivity contribution in [2.75, 3.05) is 12.4 Å². The third-order valence-corrected chi connectivity index (χ3v) is 10.0. The summed E-state index contributed by atoms with van der Waals surface area (Å²) in [7, 11) is 1.32. The Morgan fingerprint density at radius 3 is 2.51 bits per heavy atom. The molecule has 0 aliphatic heterocycles. The van der Waals surface area contributed by atoms with Crippen LogP contribution >= 0.6 is 0 Å². The number of amides is 1. The highest BCUT2D eigenvalue weighted by Gasteiger charge is 2.60. The molecule has 3 fully saturated rings. The summed E-state index contributed by atoms with van der Waals surface area (Å²) in [5.74, 6) is 1.37. The molecule has 0 bridgehead atoms. The van der Waals surface area contributed by atoms with Gasteiger partial charge in [-0.3, -0.25) is 9.59 Å². The van der Waals surface area contributed by atoms with Crippen LogP contribution in [0.1, 0.15) is 70.8 Å². The Hall–Kier alpha value is -2.31. The lowest BCUT2D eigenvalue weighted by Crippen LogP contribution is -2.51. The SMILES string of the molecule is COc1cc(NC(=O)C2CC[C@H]3[C@@H]4CCC5=CC(=O)CC[C@]5(C)[C@H]4CC[C@]23C)cc(C(F)(F)F)c1. The minimum Gasteiger partial charge on any atom is -0.497 e. The summed E-state index contributed by atoms with van der Waals surface area (Å²) in [4.78, 5) is 25.5. The van der Waals surface area contributed by atoms with E-state index < -0.39 is 11.7 Å². The number of ketones is 1. The minimum absolute atomic E-state index is 0.0661. The van der Waals surface area contributed by atoms with Gasteiger partial charge in [0.05, 0.1) is 12.7 Å². The first-order chi connectivity index (χ1) is 16.5. The number of anilines is 1. The Morgan fingerprint density at radius 2 is 1.80 bits per heavy atom. The molecule has 35 heavy (non-hydrogen) atoms. The zero-order valence-electron chi connectivity index (χ0n) is 20.6. The summed E-state index contributed by atoms with van der Waals surface area (Å²) in [5.41, 5.74) is 0.513. The summed E-state index contributed by atoms with van der Waals surface area (Å²) < 4.78 is 45.1. The summed E-state index contributed by atoms with van der Waals surface area (Å²) in [5, 5.41) is 2.79. The molecule has 6 atom stereocenters. The molecule has 0 radical (unpaired) electrons. The molecule has 7 heteroatoms. The number of ether oxygens (including phenoxy) is 1. The number of nitrogens with one attached hydrogen (secondary N) is 1. The lowest BCUT2D eigenvalue weighted by atomic mass is 9.47. The average Bonchev–Trinajstić information content (AvgIpc) is 3.16. The van der Waals surface area contributed by atoms with Gasteiger partial charge in [-0.05, 0) is 91.7 Å². The number of benzene rings is 1. The Morgan fingerprint density at radius 1 is 1.03 bits per heavy atom. The summed E-state index contributed by atoms with van der Waals surface area (Å²) >= 11 is 0. The molecule has 3 saturated carbocycles. The lowest BCUT2D eigenvalue weighted by molar-refractivity contribution is -0.137. The first-order valence-corrected chi connectivity index (χ1v) is 12.8. The molecule has 5 rings (SSSR count). The Balaban J connectivity index is 1.36. The molecule has 190 valence electrons. The van der Waals surface area contributed by atoms with Crippen molar-refractivity contribution in [2.24, 2.45) is 34.5 Å². The van der Waals surface area contributed by atoms with Gasteiger partial charge in [0, 0.05) is 24.1 Å². The van der Waals surface area contributed by atoms with E-state index in [4.69, 9.17) is 4.74 Å². The second-order valence-corrected chi connectivity index (χ2v) is 11.6. The number of fused-ring (bicyclic) bond motifs is 5. The van der Waals surface area contributed by atoms with Gasteiger partial charge in [0.15, 0.2) is 5.78 Å². The van der Waals surface area contributed by atoms with Crippen molar-refractivity contribution in [3.8, 4) is 5.75 Å². The average molecular weight is 490 g/mol. The number of rotatable bonds is 3. The van der Waals surface area contributed by atoms with Gasteiger partial charge >= 0.3 is 6.18 Å². The van der Waals surface area contributed by atoms with E-state index >= 15 is 0 Å². The van der Waals surface area contributed by atoms with Crippen molar-refractivity contribution in [1.82, 2.24) is 0 Å². The molecule has 0 saturated heterocycles. The van der Waals surface area contributed by atoms with Gasteiger partial charge in [0.1, 0.15) is 5.75 Å². The Kier molecular flexibility index (Phi) is 5.84. The normalized spacial score (nSPS) is 36.5. The second kappa shape index (κ2) is 8.38. The van der Waals surface area contributed by atoms with Gasteiger partial charge in [0.2, 0.25) is 5.91 Å². The van der Waals surface area contributed by atoms with Crippen LogP contribution in [-0.4, -0.2) is 18.8 Å². The van der Waals surface area contributed by atoms with E-state index in [1.54, 1.807) is 0 Å². The van der Waals surface area contributed by atoms with Gasteiger partial charge in [-0.25, -0.2) is 0 Å². The maximum absolute atomic E-state index is 13.4. The van der Waals surface area contributed by atoms with E-state index in [9.17, 15) is 22.8 Å². The number of hydrogen-bond donors (Lipinski definition) is 1. The number of carbonyl (C=O) groups excluding carboxylic acids is 2. The van der Waals surface area contributed by atoms with Gasteiger partial charge in [-0.15, -0.1) is 0 Å². The fourth-order valence-corrected chi connectivity index (χ4v) is 8.17. The Labute approximate surface area is 204 Å². The molecule has 1 N–H and O–H groups in total. The third-order valence-electron chi connectivity index (χ3n) is 10.0. The quantitative estimate of drug-likeness (QED) is 0.508. The van der Waals surface area contributed by atoms with Gasteiger partial charge < -0.3 is 10.1 Å². The number of halogens is 3. The van der Waals surface area contributed by atoms with E-state index in [1.165, 1.54) is 18.7 Å². The van der Waals surface area contributed by atoms with Crippen molar-refractivity contribution in [3.05, 3.63) is 35.4 Å². The molecule has 1 aromatic rings. The zero-order chi connectivity index (χ0) is 25.2. The molecule has 4 aliphatic carbocycles. The molecule has 0 aromatic heterocycles. The van der Waals surface area contributed by atoms with Crippen molar-refractivity contribution in [3.63, 3.8) is 0 Å². The molecule has 1 unspecified atom stereocenters. The minimum atomic E-state index is -4.52. The fraction of sp³-hybridized carbons (Fsp3) is 0.643. The molecule has 4 nitrogen and oxygen atoms in total. The molecule has 0 spiro atoms. The van der Waals surface area contributed by atoms with Gasteiger partial charge in [-0.2, -0.15) is 13.2 Å². The van der Waals surface area contributed by atoms with Crippen LogP contribution < -0.4 is 10.1 Å². The van der Waals surface area contributed by atoms with Crippen molar-refractivity contribution < 1.29 is 27.5 Å². The van der Waals surface area contributed by atoms with Crippen molar-refractivity contribution >= 4 is 17.4 Å². The first kappa shape index (κ1) is 24.4. The van der Waals surface area contributed by atoms with E-state index in [2.05, 4.69) is 19.2 Å². The van der Waals surface area contributed by atoms with Crippen LogP contribution in [0.25, 0.3) is 0 Å². The van der Waals surface area contributed by atoms with E-state index in [0.29, 0.717) is 24.2 Å². The van der Waals surface area contributed by atoms with Crippen LogP contribution in [0.2, 0.25) is 0 Å². The topological polar surface area (TPSA) is 55.4 Å². The van der Waals surface area contributed by atoms with Crippen molar-refractivity contribution in [2.45, 2.75) is 71.4 Å². The summed E-state index contributed by atoms with van der Waals surface area (Å²) in [6, 6.07) is 3.36. The maximum atomic E-state index is 13.4. The highest BCUT2D eigenvalue weighted by atomic mass is 19.4. The molecular weight excluding hydrogens is 455 g/mol. The number of alkyl halides is 3. The molecule has 1 amide bonds. The molecule has 0 heterocycles. The number of hydrogen-bond acceptors (Lipinski definition) is 3. The van der Waals surface area contributed by atoms with E-state index in [1.807, 2.05) is 6.08 Å². The number of methoxy groups -OCH3 is 1. The van der Waals surface area contributed by atoms with Crippen LogP contribution in [0.15, 0.2) is 29.8 Å². The Bertz CT molecular complexity index is 1080. The van der Waals surface area contributed by atoms with Crippen molar-refractivity contribution in [1.29, 1.82) is 0 Å². The largest absolute Gasteiger partial charge is 0.497 e. The second-order valence-electron chi connectivity index (χ2n) is 11.6. The monoisotopic (exact) mass is 489 g/mol. The lowest BCUT2D eigenvalue weighted by Gasteiger charge is -2.58. The first-order valence-electron chi connectivity index (χ1n) is 12.8. The highest BCUT2D eigenvalue weighted by Crippen LogP contribution is 2.66. The zero-order valence-corrected chi connectivity index (χ0v) is 20.6. The maximum Gasteiger partial charge on any atom is 0.416 e. The summed E-state index contributed by atoms with van der Waals surface area (Å²) in [6.07, 6.45) is 4.61. The summed E-state index contributed by atoms with van der Waals surface area (Å²) in [6.45, 7) is 4.56. The van der Waals surface area contributed by atoms with Crippen LogP contribution in [-0.2, 0) is 15.8 Å². The smallest absolute Gasteiger partial charge is 0.416 e. The van der Waals surface area contributed by atoms with Gasteiger partial charge in [0.25, 0.3) is 0 Å². The standard InChI is InChI=1S/C28H34F3NO3/c1-26-10-8-19(33)13-16(26)4-5-21-22-6-7-24(27(22,2)11-9-23(21)26)25(34)32-18-12-17(28(29,30)31)14-20(15-18)35-3/h12-15,21-24H,4-11H2,1-3H3,(H,32,34)/t21-,22-,23-,24?,26-,27-/m0/s1. The molecule has 4 aliphatic rings. The molecular formula is C28H34F3NO3. The van der Waals surface area contributed by atoms with E-state index in [0.717, 1.165) is 57.1 Å². The van der Waals surface area contributed by atoms with Crippen LogP contribution in [0.3, 0.4) is 0 Å². The van der Waals surface area contributed by atoms with Crippen LogP contribution in [0.4, 0.5) is 18.9 Å². The fourth-order valence-electron chi connectivity index (χ4n) is 8.17. The predicted octanol–water partition coefficient (Wildman–Crippen LogP) is 6.80. The predicted molar refractivity (Wildman–Crippen MR) is 127 cm³/mol.